The number of ketones is 1. The van der Waals surface area contributed by atoms with Crippen molar-refractivity contribution in [3.63, 3.8) is 0 Å². The Morgan fingerprint density at radius 1 is 1.20 bits per heavy atom. The summed E-state index contributed by atoms with van der Waals surface area (Å²) in [7, 11) is 1.35. The summed E-state index contributed by atoms with van der Waals surface area (Å²) < 4.78 is 10.2. The summed E-state index contributed by atoms with van der Waals surface area (Å²) in [6.45, 7) is 3.36. The van der Waals surface area contributed by atoms with Crippen molar-refractivity contribution in [2.24, 2.45) is 11.8 Å². The Balaban J connectivity index is 1.47. The van der Waals surface area contributed by atoms with E-state index in [-0.39, 0.29) is 18.1 Å². The number of ether oxygens (including phenoxy) is 2. The number of nitrogens with one attached hydrogen (secondary N) is 1. The molecule has 1 N–H and O–H groups in total. The molecule has 2 aromatic heterocycles. The first-order valence-corrected chi connectivity index (χ1v) is 12.7. The topological polar surface area (TPSA) is 93.7 Å². The van der Waals surface area contributed by atoms with Gasteiger partial charge in [0.05, 0.1) is 22.8 Å². The van der Waals surface area contributed by atoms with Crippen LogP contribution in [0.15, 0.2) is 24.4 Å². The van der Waals surface area contributed by atoms with Crippen molar-refractivity contribution in [2.75, 3.05) is 45.3 Å². The molecule has 1 amide bonds. The molecule has 0 unspecified atom stereocenters. The first-order chi connectivity index (χ1) is 16.9. The highest BCUT2D eigenvalue weighted by molar-refractivity contribution is 6.36. The summed E-state index contributed by atoms with van der Waals surface area (Å²) in [5, 5.41) is 4.27. The second-order valence-corrected chi connectivity index (χ2v) is 9.83. The van der Waals surface area contributed by atoms with Crippen LogP contribution in [0.25, 0.3) is 11.3 Å². The van der Waals surface area contributed by atoms with Gasteiger partial charge < -0.3 is 19.7 Å². The Morgan fingerprint density at radius 3 is 2.77 bits per heavy atom. The molecule has 4 rings (SSSR count). The summed E-state index contributed by atoms with van der Waals surface area (Å²) >= 11 is 13.0. The molecule has 188 valence electrons. The smallest absolute Gasteiger partial charge is 0.409 e. The number of hydrogen-bond donors (Lipinski definition) is 1. The van der Waals surface area contributed by atoms with Crippen LogP contribution in [0.2, 0.25) is 10.0 Å². The summed E-state index contributed by atoms with van der Waals surface area (Å²) in [5.74, 6) is 1.04. The lowest BCUT2D eigenvalue weighted by atomic mass is 9.91. The van der Waals surface area contributed by atoms with Crippen LogP contribution in [0, 0.1) is 11.8 Å². The predicted octanol–water partition coefficient (Wildman–Crippen LogP) is 4.88. The molecule has 4 heterocycles. The van der Waals surface area contributed by atoms with E-state index in [2.05, 4.69) is 10.3 Å². The van der Waals surface area contributed by atoms with Crippen molar-refractivity contribution in [1.82, 2.24) is 14.9 Å². The van der Waals surface area contributed by atoms with Gasteiger partial charge in [0.15, 0.2) is 0 Å². The molecule has 0 aliphatic carbocycles. The standard InChI is InChI=1S/C25H30Cl2N4O4/c1-34-25(33)31-8-2-3-17(15-31)22(32)12-18-11-19(21(27)14-28-18)24-20(26)4-5-23(30-24)29-13-16-6-9-35-10-7-16/h4-5,11,14,16-17H,2-3,6-10,12-13,15H2,1H3,(H,29,30)/t17-/m0/s1. The van der Waals surface area contributed by atoms with Crippen molar-refractivity contribution >= 4 is 40.9 Å². The molecular formula is C25H30Cl2N4O4. The first-order valence-electron chi connectivity index (χ1n) is 11.9. The Bertz CT molecular complexity index is 1060. The van der Waals surface area contributed by atoms with Crippen molar-refractivity contribution in [2.45, 2.75) is 32.1 Å². The number of nitrogens with zero attached hydrogens (tertiary/aromatic N) is 3. The normalized spacial score (nSPS) is 18.8. The highest BCUT2D eigenvalue weighted by Gasteiger charge is 2.29. The lowest BCUT2D eigenvalue weighted by Crippen LogP contribution is -2.42. The molecule has 0 aromatic carbocycles. The average molecular weight is 521 g/mol. The third kappa shape index (κ3) is 6.63. The quantitative estimate of drug-likeness (QED) is 0.555. The van der Waals surface area contributed by atoms with Gasteiger partial charge in [-0.1, -0.05) is 23.2 Å². The molecule has 10 heteroatoms. The van der Waals surface area contributed by atoms with Crippen LogP contribution < -0.4 is 5.32 Å². The van der Waals surface area contributed by atoms with Gasteiger partial charge in [0, 0.05) is 62.6 Å². The van der Waals surface area contributed by atoms with Gasteiger partial charge in [-0.05, 0) is 49.8 Å². The number of carbonyl (C=O) groups excluding carboxylic acids is 2. The molecule has 0 spiro atoms. The minimum Gasteiger partial charge on any atom is -0.453 e. The Morgan fingerprint density at radius 2 is 2.00 bits per heavy atom. The molecule has 1 atom stereocenters. The number of amides is 1. The number of carbonyl (C=O) groups is 2. The number of rotatable bonds is 7. The number of hydrogen-bond acceptors (Lipinski definition) is 7. The first kappa shape index (κ1) is 25.7. The van der Waals surface area contributed by atoms with E-state index in [0.717, 1.165) is 45.4 Å². The number of likely N-dealkylation sites (tertiary alicyclic amines) is 1. The fraction of sp³-hybridized carbons (Fsp3) is 0.520. The maximum absolute atomic E-state index is 13.0. The lowest BCUT2D eigenvalue weighted by Gasteiger charge is -2.30. The maximum Gasteiger partial charge on any atom is 0.409 e. The van der Waals surface area contributed by atoms with Crippen molar-refractivity contribution in [3.05, 3.63) is 40.1 Å². The summed E-state index contributed by atoms with van der Waals surface area (Å²) in [5.41, 5.74) is 1.76. The molecule has 2 aromatic rings. The minimum absolute atomic E-state index is 0.0327. The highest BCUT2D eigenvalue weighted by atomic mass is 35.5. The Hall–Kier alpha value is -2.42. The zero-order valence-electron chi connectivity index (χ0n) is 19.8. The van der Waals surface area contributed by atoms with E-state index < -0.39 is 6.09 Å². The summed E-state index contributed by atoms with van der Waals surface area (Å²) in [6.07, 6.45) is 4.82. The Labute approximate surface area is 215 Å². The predicted molar refractivity (Wildman–Crippen MR) is 135 cm³/mol. The maximum atomic E-state index is 13.0. The van der Waals surface area contributed by atoms with Gasteiger partial charge in [-0.3, -0.25) is 9.78 Å². The largest absolute Gasteiger partial charge is 0.453 e. The van der Waals surface area contributed by atoms with Gasteiger partial charge in [0.25, 0.3) is 0 Å². The average Bonchev–Trinajstić information content (AvgIpc) is 2.89. The lowest BCUT2D eigenvalue weighted by molar-refractivity contribution is -0.123. The van der Waals surface area contributed by atoms with Gasteiger partial charge in [-0.15, -0.1) is 0 Å². The van der Waals surface area contributed by atoms with Gasteiger partial charge >= 0.3 is 6.09 Å². The van der Waals surface area contributed by atoms with E-state index in [1.165, 1.54) is 13.3 Å². The number of pyridine rings is 2. The van der Waals surface area contributed by atoms with Gasteiger partial charge in [0.1, 0.15) is 11.6 Å². The third-order valence-corrected chi connectivity index (χ3v) is 7.20. The van der Waals surface area contributed by atoms with Crippen LogP contribution in [0.4, 0.5) is 10.6 Å². The van der Waals surface area contributed by atoms with E-state index in [4.69, 9.17) is 37.7 Å². The summed E-state index contributed by atoms with van der Waals surface area (Å²) in [4.78, 5) is 35.5. The van der Waals surface area contributed by atoms with Crippen LogP contribution in [0.5, 0.6) is 0 Å². The Kier molecular flexibility index (Phi) is 8.81. The van der Waals surface area contributed by atoms with Crippen molar-refractivity contribution in [3.8, 4) is 11.3 Å². The molecule has 2 aliphatic heterocycles. The molecule has 0 radical (unpaired) electrons. The highest BCUT2D eigenvalue weighted by Crippen LogP contribution is 2.33. The van der Waals surface area contributed by atoms with E-state index in [1.807, 2.05) is 6.07 Å². The van der Waals surface area contributed by atoms with E-state index in [0.29, 0.717) is 51.8 Å². The molecule has 0 bridgehead atoms. The fourth-order valence-electron chi connectivity index (χ4n) is 4.55. The zero-order chi connectivity index (χ0) is 24.8. The molecular weight excluding hydrogens is 491 g/mol. The van der Waals surface area contributed by atoms with Crippen LogP contribution in [-0.2, 0) is 20.7 Å². The monoisotopic (exact) mass is 520 g/mol. The molecule has 8 nitrogen and oxygen atoms in total. The summed E-state index contributed by atoms with van der Waals surface area (Å²) in [6, 6.07) is 5.42. The van der Waals surface area contributed by atoms with Crippen LogP contribution in [-0.4, -0.2) is 66.7 Å². The second kappa shape index (κ2) is 12.0. The molecule has 2 aliphatic rings. The fourth-order valence-corrected chi connectivity index (χ4v) is 4.95. The zero-order valence-corrected chi connectivity index (χ0v) is 21.3. The van der Waals surface area contributed by atoms with E-state index in [9.17, 15) is 9.59 Å². The molecule has 0 saturated carbocycles. The number of anilines is 1. The number of Topliss-reactive ketones (excluding diaryl/α,β-unsaturated/α-hetero) is 1. The van der Waals surface area contributed by atoms with Crippen LogP contribution >= 0.6 is 23.2 Å². The molecule has 2 saturated heterocycles. The molecule has 35 heavy (non-hydrogen) atoms. The second-order valence-electron chi connectivity index (χ2n) is 9.02. The minimum atomic E-state index is -0.402. The van der Waals surface area contributed by atoms with E-state index in [1.54, 1.807) is 17.0 Å². The van der Waals surface area contributed by atoms with Gasteiger partial charge in [-0.2, -0.15) is 0 Å². The van der Waals surface area contributed by atoms with Crippen LogP contribution in [0.3, 0.4) is 0 Å². The van der Waals surface area contributed by atoms with E-state index >= 15 is 0 Å². The number of halogens is 2. The molecule has 2 fully saturated rings. The van der Waals surface area contributed by atoms with Crippen molar-refractivity contribution in [1.29, 1.82) is 0 Å². The number of piperidine rings is 1. The van der Waals surface area contributed by atoms with Gasteiger partial charge in [-0.25, -0.2) is 9.78 Å². The third-order valence-electron chi connectivity index (χ3n) is 6.59. The number of methoxy groups -OCH3 is 1. The van der Waals surface area contributed by atoms with Gasteiger partial charge in [0.2, 0.25) is 0 Å². The van der Waals surface area contributed by atoms with Crippen LogP contribution in [0.1, 0.15) is 31.4 Å². The van der Waals surface area contributed by atoms with Crippen molar-refractivity contribution < 1.29 is 19.1 Å². The number of aromatic nitrogens is 2. The SMILES string of the molecule is COC(=O)N1CCC[C@H](C(=O)Cc2cc(-c3nc(NCC4CCOCC4)ccc3Cl)c(Cl)cn2)C1.